The van der Waals surface area contributed by atoms with Crippen molar-refractivity contribution in [2.45, 2.75) is 25.8 Å². The van der Waals surface area contributed by atoms with Crippen molar-refractivity contribution in [3.63, 3.8) is 0 Å². The van der Waals surface area contributed by atoms with Gasteiger partial charge in [0, 0.05) is 36.5 Å². The first kappa shape index (κ1) is 18.9. The van der Waals surface area contributed by atoms with Gasteiger partial charge in [0.2, 0.25) is 5.91 Å². The zero-order valence-corrected chi connectivity index (χ0v) is 16.2. The van der Waals surface area contributed by atoms with E-state index in [1.54, 1.807) is 25.1 Å². The second-order valence-corrected chi connectivity index (χ2v) is 8.20. The number of benzene rings is 1. The number of hydrogen-bond donors (Lipinski definition) is 1. The average molecular weight is 395 g/mol. The van der Waals surface area contributed by atoms with E-state index in [0.717, 1.165) is 23.3 Å². The van der Waals surface area contributed by atoms with Gasteiger partial charge in [-0.2, -0.15) is 0 Å². The number of hydrogen-bond acceptors (Lipinski definition) is 3. The summed E-state index contributed by atoms with van der Waals surface area (Å²) in [4.78, 5) is 28.1. The maximum atomic E-state index is 13.1. The molecule has 0 saturated heterocycles. The van der Waals surface area contributed by atoms with E-state index < -0.39 is 5.82 Å². The van der Waals surface area contributed by atoms with Crippen LogP contribution in [0.5, 0.6) is 0 Å². The van der Waals surface area contributed by atoms with Crippen molar-refractivity contribution < 1.29 is 14.0 Å². The molecule has 0 fully saturated rings. The lowest BCUT2D eigenvalue weighted by Crippen LogP contribution is -2.33. The number of rotatable bonds is 4. The predicted molar refractivity (Wildman–Crippen MR) is 101 cm³/mol. The van der Waals surface area contributed by atoms with Crippen LogP contribution in [0.4, 0.5) is 4.39 Å². The quantitative estimate of drug-likeness (QED) is 0.860. The zero-order valence-electron chi connectivity index (χ0n) is 14.6. The number of nitrogens with zero attached hydrogens (tertiary/aromatic N) is 1. The SMILES string of the molecule is CN(C)C(=O)c1cc2c(s1)CC[C@@H](C(=O)NCc1ccc(F)cc1Cl)C2. The van der Waals surface area contributed by atoms with Crippen LogP contribution in [-0.2, 0) is 24.2 Å². The fourth-order valence-corrected chi connectivity index (χ4v) is 4.53. The maximum Gasteiger partial charge on any atom is 0.263 e. The summed E-state index contributed by atoms with van der Waals surface area (Å²) in [5.41, 5.74) is 1.78. The van der Waals surface area contributed by atoms with Gasteiger partial charge in [-0.15, -0.1) is 11.3 Å². The molecule has 4 nitrogen and oxygen atoms in total. The topological polar surface area (TPSA) is 49.4 Å². The molecular formula is C19H20ClFN2O2S. The maximum absolute atomic E-state index is 13.1. The third-order valence-corrected chi connectivity index (χ3v) is 6.12. The first-order valence-electron chi connectivity index (χ1n) is 8.40. The second kappa shape index (κ2) is 7.76. The van der Waals surface area contributed by atoms with Crippen LogP contribution < -0.4 is 5.32 Å². The Morgan fingerprint density at radius 3 is 2.81 bits per heavy atom. The predicted octanol–water partition coefficient (Wildman–Crippen LogP) is 3.66. The summed E-state index contributed by atoms with van der Waals surface area (Å²) in [6.45, 7) is 0.273. The Bertz CT molecular complexity index is 850. The lowest BCUT2D eigenvalue weighted by molar-refractivity contribution is -0.125. The molecule has 0 bridgehead atoms. The van der Waals surface area contributed by atoms with E-state index >= 15 is 0 Å². The summed E-state index contributed by atoms with van der Waals surface area (Å²) >= 11 is 7.52. The lowest BCUT2D eigenvalue weighted by atomic mass is 9.87. The first-order valence-corrected chi connectivity index (χ1v) is 9.59. The number of nitrogens with one attached hydrogen (secondary N) is 1. The standard InChI is InChI=1S/C19H20ClFN2O2S/c1-23(2)19(25)17-8-13-7-11(4-6-16(13)26-17)18(24)22-10-12-3-5-14(21)9-15(12)20/h3,5,8-9,11H,4,6-7,10H2,1-2H3,(H,22,24)/t11-/m1/s1. The molecule has 1 N–H and O–H groups in total. The molecule has 0 spiro atoms. The van der Waals surface area contributed by atoms with Crippen LogP contribution in [0.2, 0.25) is 5.02 Å². The van der Waals surface area contributed by atoms with Gasteiger partial charge in [-0.1, -0.05) is 17.7 Å². The van der Waals surface area contributed by atoms with E-state index in [1.165, 1.54) is 28.3 Å². The molecule has 2 amide bonds. The molecule has 1 heterocycles. The van der Waals surface area contributed by atoms with Gasteiger partial charge in [-0.05, 0) is 48.6 Å². The van der Waals surface area contributed by atoms with Crippen LogP contribution in [0.3, 0.4) is 0 Å². The minimum Gasteiger partial charge on any atom is -0.352 e. The molecule has 2 aromatic rings. The molecule has 1 aliphatic carbocycles. The molecule has 0 saturated carbocycles. The molecule has 0 aliphatic heterocycles. The molecular weight excluding hydrogens is 375 g/mol. The zero-order chi connectivity index (χ0) is 18.8. The van der Waals surface area contributed by atoms with E-state index in [1.807, 2.05) is 6.07 Å². The smallest absolute Gasteiger partial charge is 0.263 e. The van der Waals surface area contributed by atoms with Gasteiger partial charge < -0.3 is 10.2 Å². The van der Waals surface area contributed by atoms with Gasteiger partial charge in [-0.25, -0.2) is 4.39 Å². The van der Waals surface area contributed by atoms with Crippen molar-refractivity contribution in [1.82, 2.24) is 10.2 Å². The number of carbonyl (C=O) groups excluding carboxylic acids is 2. The van der Waals surface area contributed by atoms with Crippen molar-refractivity contribution in [2.24, 2.45) is 5.92 Å². The van der Waals surface area contributed by atoms with Crippen molar-refractivity contribution >= 4 is 34.8 Å². The Morgan fingerprint density at radius 2 is 2.12 bits per heavy atom. The molecule has 26 heavy (non-hydrogen) atoms. The fraction of sp³-hybridized carbons (Fsp3) is 0.368. The second-order valence-electron chi connectivity index (χ2n) is 6.65. The Balaban J connectivity index is 1.63. The highest BCUT2D eigenvalue weighted by Gasteiger charge is 2.27. The molecule has 1 aliphatic rings. The lowest BCUT2D eigenvalue weighted by Gasteiger charge is -2.21. The number of fused-ring (bicyclic) bond motifs is 1. The molecule has 0 radical (unpaired) electrons. The van der Waals surface area contributed by atoms with Crippen molar-refractivity contribution in [1.29, 1.82) is 0 Å². The minimum absolute atomic E-state index is 0.00338. The van der Waals surface area contributed by atoms with E-state index in [2.05, 4.69) is 5.32 Å². The number of amides is 2. The van der Waals surface area contributed by atoms with Crippen molar-refractivity contribution in [2.75, 3.05) is 14.1 Å². The molecule has 138 valence electrons. The number of aryl methyl sites for hydroxylation is 1. The third-order valence-electron chi connectivity index (χ3n) is 4.54. The van der Waals surface area contributed by atoms with Crippen LogP contribution in [0.1, 0.15) is 32.1 Å². The number of carbonyl (C=O) groups is 2. The highest BCUT2D eigenvalue weighted by Crippen LogP contribution is 2.33. The monoisotopic (exact) mass is 394 g/mol. The molecule has 1 aromatic carbocycles. The summed E-state index contributed by atoms with van der Waals surface area (Å²) in [6, 6.07) is 6.06. The Kier molecular flexibility index (Phi) is 5.63. The van der Waals surface area contributed by atoms with E-state index in [9.17, 15) is 14.0 Å². The molecule has 1 aromatic heterocycles. The van der Waals surface area contributed by atoms with E-state index in [4.69, 9.17) is 11.6 Å². The van der Waals surface area contributed by atoms with Gasteiger partial charge in [-0.3, -0.25) is 9.59 Å². The van der Waals surface area contributed by atoms with Crippen molar-refractivity contribution in [3.8, 4) is 0 Å². The summed E-state index contributed by atoms with van der Waals surface area (Å²) in [5, 5.41) is 3.20. The summed E-state index contributed by atoms with van der Waals surface area (Å²) in [6.07, 6.45) is 2.19. The molecule has 1 atom stereocenters. The first-order chi connectivity index (χ1) is 12.3. The Labute approximate surface area is 161 Å². The average Bonchev–Trinajstić information content (AvgIpc) is 3.03. The largest absolute Gasteiger partial charge is 0.352 e. The minimum atomic E-state index is -0.398. The number of thiophene rings is 1. The van der Waals surface area contributed by atoms with Crippen molar-refractivity contribution in [3.05, 3.63) is 56.0 Å². The van der Waals surface area contributed by atoms with Crippen LogP contribution in [0.15, 0.2) is 24.3 Å². The van der Waals surface area contributed by atoms with E-state index in [-0.39, 0.29) is 24.3 Å². The van der Waals surface area contributed by atoms with Gasteiger partial charge in [0.1, 0.15) is 5.82 Å². The molecule has 0 unspecified atom stereocenters. The van der Waals surface area contributed by atoms with Crippen LogP contribution in [0, 0.1) is 11.7 Å². The van der Waals surface area contributed by atoms with Gasteiger partial charge in [0.15, 0.2) is 0 Å². The van der Waals surface area contributed by atoms with Gasteiger partial charge >= 0.3 is 0 Å². The summed E-state index contributed by atoms with van der Waals surface area (Å²) in [7, 11) is 3.47. The molecule has 3 rings (SSSR count). The van der Waals surface area contributed by atoms with Gasteiger partial charge in [0.05, 0.1) is 4.88 Å². The van der Waals surface area contributed by atoms with Crippen LogP contribution in [-0.4, -0.2) is 30.8 Å². The summed E-state index contributed by atoms with van der Waals surface area (Å²) < 4.78 is 13.1. The molecule has 7 heteroatoms. The van der Waals surface area contributed by atoms with Crippen LogP contribution in [0.25, 0.3) is 0 Å². The van der Waals surface area contributed by atoms with Crippen LogP contribution >= 0.6 is 22.9 Å². The Hall–Kier alpha value is -1.92. The Morgan fingerprint density at radius 1 is 1.35 bits per heavy atom. The highest BCUT2D eigenvalue weighted by atomic mass is 35.5. The number of halogens is 2. The van der Waals surface area contributed by atoms with E-state index in [0.29, 0.717) is 17.0 Å². The highest BCUT2D eigenvalue weighted by molar-refractivity contribution is 7.14. The fourth-order valence-electron chi connectivity index (χ4n) is 3.06. The normalized spacial score (nSPS) is 16.1. The third kappa shape index (κ3) is 4.07. The van der Waals surface area contributed by atoms with Gasteiger partial charge in [0.25, 0.3) is 5.91 Å². The summed E-state index contributed by atoms with van der Waals surface area (Å²) in [5.74, 6) is -0.567.